The van der Waals surface area contributed by atoms with E-state index in [1.807, 2.05) is 0 Å². The molecule has 0 saturated heterocycles. The molecule has 1 aromatic rings. The highest BCUT2D eigenvalue weighted by Gasteiger charge is 2.25. The van der Waals surface area contributed by atoms with Crippen molar-refractivity contribution in [1.29, 1.82) is 0 Å². The summed E-state index contributed by atoms with van der Waals surface area (Å²) in [5, 5.41) is 9.09. The number of hydrogen-bond donors (Lipinski definition) is 1. The molecule has 19 heavy (non-hydrogen) atoms. The lowest BCUT2D eigenvalue weighted by molar-refractivity contribution is -0.142. The van der Waals surface area contributed by atoms with Gasteiger partial charge in [-0.2, -0.15) is 0 Å². The van der Waals surface area contributed by atoms with Crippen LogP contribution in [0, 0.1) is 5.92 Å². The van der Waals surface area contributed by atoms with E-state index in [9.17, 15) is 4.79 Å². The maximum absolute atomic E-state index is 11.2. The molecular formula is C14H20N2O3. The molecule has 1 aliphatic rings. The quantitative estimate of drug-likeness (QED) is 0.840. The molecule has 5 nitrogen and oxygen atoms in total. The number of esters is 1. The third-order valence-electron chi connectivity index (χ3n) is 3.79. The molecule has 5 heteroatoms. The highest BCUT2D eigenvalue weighted by molar-refractivity contribution is 5.69. The molecule has 0 atom stereocenters. The summed E-state index contributed by atoms with van der Waals surface area (Å²) in [6, 6.07) is 1.73. The lowest BCUT2D eigenvalue weighted by Crippen LogP contribution is -2.18. The summed E-state index contributed by atoms with van der Waals surface area (Å²) in [4.78, 5) is 19.9. The van der Waals surface area contributed by atoms with E-state index in [1.165, 1.54) is 7.11 Å². The molecule has 0 bridgehead atoms. The molecule has 104 valence electrons. The maximum atomic E-state index is 11.2. The number of carbonyl (C=O) groups is 1. The van der Waals surface area contributed by atoms with E-state index in [2.05, 4.69) is 9.97 Å². The minimum atomic E-state index is -0.123. The average molecular weight is 264 g/mol. The van der Waals surface area contributed by atoms with Crippen molar-refractivity contribution in [2.75, 3.05) is 7.11 Å². The van der Waals surface area contributed by atoms with Gasteiger partial charge in [0.15, 0.2) is 0 Å². The maximum Gasteiger partial charge on any atom is 0.305 e. The zero-order chi connectivity index (χ0) is 13.7. The minimum Gasteiger partial charge on any atom is -0.469 e. The van der Waals surface area contributed by atoms with Crippen molar-refractivity contribution in [1.82, 2.24) is 9.97 Å². The largest absolute Gasteiger partial charge is 0.469 e. The predicted molar refractivity (Wildman–Crippen MR) is 69.3 cm³/mol. The van der Waals surface area contributed by atoms with Crippen LogP contribution in [0.5, 0.6) is 0 Å². The Balaban J connectivity index is 1.90. The summed E-state index contributed by atoms with van der Waals surface area (Å²) in [7, 11) is 1.43. The third-order valence-corrected chi connectivity index (χ3v) is 3.79. The van der Waals surface area contributed by atoms with Crippen LogP contribution in [-0.2, 0) is 16.1 Å². The monoisotopic (exact) mass is 264 g/mol. The highest BCUT2D eigenvalue weighted by atomic mass is 16.5. The molecule has 1 fully saturated rings. The Hall–Kier alpha value is -1.49. The van der Waals surface area contributed by atoms with Crippen molar-refractivity contribution in [2.45, 2.75) is 44.6 Å². The molecule has 1 aromatic heterocycles. The second kappa shape index (κ2) is 6.61. The molecule has 0 unspecified atom stereocenters. The first kappa shape index (κ1) is 13.9. The van der Waals surface area contributed by atoms with Crippen molar-refractivity contribution < 1.29 is 14.6 Å². The van der Waals surface area contributed by atoms with Crippen molar-refractivity contribution in [3.8, 4) is 0 Å². The van der Waals surface area contributed by atoms with Gasteiger partial charge in [-0.1, -0.05) is 0 Å². The van der Waals surface area contributed by atoms with E-state index in [4.69, 9.17) is 9.84 Å². The zero-order valence-corrected chi connectivity index (χ0v) is 11.2. The van der Waals surface area contributed by atoms with E-state index in [1.54, 1.807) is 12.3 Å². The number of rotatable bonds is 4. The molecule has 2 rings (SSSR count). The summed E-state index contributed by atoms with van der Waals surface area (Å²) in [5.41, 5.74) is 0.668. The van der Waals surface area contributed by atoms with E-state index in [0.717, 1.165) is 31.5 Å². The molecule has 1 heterocycles. The van der Waals surface area contributed by atoms with Crippen LogP contribution in [0.4, 0.5) is 0 Å². The van der Waals surface area contributed by atoms with Gasteiger partial charge in [0, 0.05) is 18.5 Å². The van der Waals surface area contributed by atoms with Crippen LogP contribution in [0.15, 0.2) is 12.3 Å². The Morgan fingerprint density at radius 1 is 1.42 bits per heavy atom. The van der Waals surface area contributed by atoms with Crippen molar-refractivity contribution in [2.24, 2.45) is 5.92 Å². The van der Waals surface area contributed by atoms with Crippen LogP contribution in [0.2, 0.25) is 0 Å². The van der Waals surface area contributed by atoms with Crippen LogP contribution in [-0.4, -0.2) is 28.2 Å². The third kappa shape index (κ3) is 3.73. The lowest BCUT2D eigenvalue weighted by Gasteiger charge is -2.26. The number of aliphatic hydroxyl groups excluding tert-OH is 1. The van der Waals surface area contributed by atoms with Gasteiger partial charge in [0.2, 0.25) is 0 Å². The Kier molecular flexibility index (Phi) is 4.85. The molecule has 1 N–H and O–H groups in total. The highest BCUT2D eigenvalue weighted by Crippen LogP contribution is 2.35. The number of aromatic nitrogens is 2. The predicted octanol–water partition coefficient (Wildman–Crippen LogP) is 1.81. The number of ether oxygens (including phenoxy) is 1. The van der Waals surface area contributed by atoms with E-state index in [-0.39, 0.29) is 12.6 Å². The summed E-state index contributed by atoms with van der Waals surface area (Å²) < 4.78 is 4.70. The van der Waals surface area contributed by atoms with Crippen LogP contribution < -0.4 is 0 Å². The summed E-state index contributed by atoms with van der Waals surface area (Å²) in [6.45, 7) is -0.0484. The fourth-order valence-corrected chi connectivity index (χ4v) is 2.64. The van der Waals surface area contributed by atoms with E-state index < -0.39 is 0 Å². The number of methoxy groups -OCH3 is 1. The SMILES string of the molecule is COC(=O)CC1CCC(c2nccc(CO)n2)CC1. The number of hydrogen-bond acceptors (Lipinski definition) is 5. The van der Waals surface area contributed by atoms with Crippen LogP contribution in [0.25, 0.3) is 0 Å². The van der Waals surface area contributed by atoms with Crippen LogP contribution >= 0.6 is 0 Å². The van der Waals surface area contributed by atoms with Gasteiger partial charge in [-0.15, -0.1) is 0 Å². The number of nitrogens with zero attached hydrogens (tertiary/aromatic N) is 2. The second-order valence-electron chi connectivity index (χ2n) is 5.06. The Morgan fingerprint density at radius 3 is 2.79 bits per heavy atom. The molecule has 0 amide bonds. The molecule has 0 radical (unpaired) electrons. The first-order valence-electron chi connectivity index (χ1n) is 6.72. The van der Waals surface area contributed by atoms with Gasteiger partial charge >= 0.3 is 5.97 Å². The van der Waals surface area contributed by atoms with Crippen molar-refractivity contribution in [3.05, 3.63) is 23.8 Å². The molecule has 0 aliphatic heterocycles. The first-order valence-corrected chi connectivity index (χ1v) is 6.72. The van der Waals surface area contributed by atoms with Gasteiger partial charge in [-0.05, 0) is 37.7 Å². The molecule has 0 aromatic carbocycles. The number of carbonyl (C=O) groups excluding carboxylic acids is 1. The molecular weight excluding hydrogens is 244 g/mol. The Labute approximate surface area is 113 Å². The van der Waals surface area contributed by atoms with Gasteiger partial charge in [-0.3, -0.25) is 4.79 Å². The standard InChI is InChI=1S/C14H20N2O3/c1-19-13(18)8-10-2-4-11(5-3-10)14-15-7-6-12(9-17)16-14/h6-7,10-11,17H,2-5,8-9H2,1H3. The molecule has 1 saturated carbocycles. The smallest absolute Gasteiger partial charge is 0.305 e. The van der Waals surface area contributed by atoms with Crippen LogP contribution in [0.3, 0.4) is 0 Å². The van der Waals surface area contributed by atoms with Gasteiger partial charge in [0.25, 0.3) is 0 Å². The topological polar surface area (TPSA) is 72.3 Å². The van der Waals surface area contributed by atoms with Crippen molar-refractivity contribution >= 4 is 5.97 Å². The van der Waals surface area contributed by atoms with Gasteiger partial charge in [0.1, 0.15) is 5.82 Å². The second-order valence-corrected chi connectivity index (χ2v) is 5.06. The van der Waals surface area contributed by atoms with E-state index >= 15 is 0 Å². The van der Waals surface area contributed by atoms with Crippen LogP contribution in [0.1, 0.15) is 49.5 Å². The fourth-order valence-electron chi connectivity index (χ4n) is 2.64. The normalized spacial score (nSPS) is 23.1. The molecule has 0 spiro atoms. The summed E-state index contributed by atoms with van der Waals surface area (Å²) in [6.07, 6.45) is 6.22. The minimum absolute atomic E-state index is 0.0484. The number of aliphatic hydroxyl groups is 1. The summed E-state index contributed by atoms with van der Waals surface area (Å²) >= 11 is 0. The van der Waals surface area contributed by atoms with E-state index in [0.29, 0.717) is 24.0 Å². The molecule has 1 aliphatic carbocycles. The zero-order valence-electron chi connectivity index (χ0n) is 11.2. The lowest BCUT2D eigenvalue weighted by atomic mass is 9.80. The Morgan fingerprint density at radius 2 is 2.16 bits per heavy atom. The van der Waals surface area contributed by atoms with Gasteiger partial charge in [-0.25, -0.2) is 9.97 Å². The fraction of sp³-hybridized carbons (Fsp3) is 0.643. The first-order chi connectivity index (χ1) is 9.22. The summed E-state index contributed by atoms with van der Waals surface area (Å²) in [5.74, 6) is 1.47. The Bertz CT molecular complexity index is 428. The van der Waals surface area contributed by atoms with Gasteiger partial charge in [0.05, 0.1) is 19.4 Å². The average Bonchev–Trinajstić information content (AvgIpc) is 2.48. The van der Waals surface area contributed by atoms with Crippen molar-refractivity contribution in [3.63, 3.8) is 0 Å². The van der Waals surface area contributed by atoms with Gasteiger partial charge < -0.3 is 9.84 Å².